The van der Waals surface area contributed by atoms with Gasteiger partial charge in [0.15, 0.2) is 0 Å². The van der Waals surface area contributed by atoms with Crippen molar-refractivity contribution in [3.63, 3.8) is 0 Å². The molecule has 14 heavy (non-hydrogen) atoms. The third kappa shape index (κ3) is 7.34. The van der Waals surface area contributed by atoms with Crippen molar-refractivity contribution in [2.75, 3.05) is 19.6 Å². The minimum Gasteiger partial charge on any atom is -0.309 e. The van der Waals surface area contributed by atoms with E-state index in [0.717, 1.165) is 13.1 Å². The van der Waals surface area contributed by atoms with E-state index < -0.39 is 0 Å². The van der Waals surface area contributed by atoms with Gasteiger partial charge in [0, 0.05) is 19.1 Å². The molecule has 2 heteroatoms. The Hall–Kier alpha value is -0.0800. The molecule has 0 amide bonds. The minimum absolute atomic E-state index is 0.611. The fraction of sp³-hybridized carbons (Fsp3) is 0.917. The Kier molecular flexibility index (Phi) is 9.42. The fourth-order valence-electron chi connectivity index (χ4n) is 1.26. The zero-order chi connectivity index (χ0) is 10.8. The van der Waals surface area contributed by atoms with Crippen LogP contribution in [0.4, 0.5) is 0 Å². The van der Waals surface area contributed by atoms with Gasteiger partial charge >= 0.3 is 0 Å². The first-order chi connectivity index (χ1) is 6.74. The van der Waals surface area contributed by atoms with Gasteiger partial charge in [0.2, 0.25) is 0 Å². The summed E-state index contributed by atoms with van der Waals surface area (Å²) in [7, 11) is 0. The molecule has 2 nitrogen and oxygen atoms in total. The Bertz CT molecular complexity index is 115. The molecule has 0 aromatic rings. The average Bonchev–Trinajstić information content (AvgIpc) is 2.22. The van der Waals surface area contributed by atoms with Gasteiger partial charge in [-0.2, -0.15) is 0 Å². The molecule has 1 atom stereocenters. The van der Waals surface area contributed by atoms with Crippen molar-refractivity contribution in [3.05, 3.63) is 6.54 Å². The monoisotopic (exact) mass is 199 g/mol. The molecule has 0 rings (SSSR count). The Morgan fingerprint density at radius 2 is 2.00 bits per heavy atom. The summed E-state index contributed by atoms with van der Waals surface area (Å²) in [4.78, 5) is 2.47. The van der Waals surface area contributed by atoms with Crippen molar-refractivity contribution in [1.82, 2.24) is 10.2 Å². The van der Waals surface area contributed by atoms with Crippen LogP contribution in [0.5, 0.6) is 0 Å². The van der Waals surface area contributed by atoms with Crippen LogP contribution >= 0.6 is 0 Å². The van der Waals surface area contributed by atoms with Gasteiger partial charge in [0.05, 0.1) is 0 Å². The van der Waals surface area contributed by atoms with Gasteiger partial charge in [-0.1, -0.05) is 27.2 Å². The Morgan fingerprint density at radius 1 is 1.29 bits per heavy atom. The standard InChI is InChI=1S/C12H27N2/c1-5-8-10-14(7-3)11-9-13-12(4)6-2/h9,12-13H,5-8,10-11H2,1-4H3. The predicted octanol–water partition coefficient (Wildman–Crippen LogP) is 2.66. The lowest BCUT2D eigenvalue weighted by Crippen LogP contribution is -2.32. The van der Waals surface area contributed by atoms with Crippen molar-refractivity contribution < 1.29 is 0 Å². The summed E-state index contributed by atoms with van der Waals surface area (Å²) in [6.07, 6.45) is 3.79. The molecular weight excluding hydrogens is 172 g/mol. The van der Waals surface area contributed by atoms with Crippen LogP contribution in [0.15, 0.2) is 0 Å². The molecule has 0 saturated carbocycles. The Balaban J connectivity index is 3.42. The number of hydrogen-bond donors (Lipinski definition) is 1. The van der Waals surface area contributed by atoms with E-state index in [9.17, 15) is 0 Å². The highest BCUT2D eigenvalue weighted by atomic mass is 15.1. The third-order valence-corrected chi connectivity index (χ3v) is 2.64. The second kappa shape index (κ2) is 9.47. The van der Waals surface area contributed by atoms with E-state index >= 15 is 0 Å². The largest absolute Gasteiger partial charge is 0.309 e. The normalized spacial score (nSPS) is 13.5. The first-order valence-electron chi connectivity index (χ1n) is 6.04. The topological polar surface area (TPSA) is 15.3 Å². The minimum atomic E-state index is 0.611. The molecule has 85 valence electrons. The van der Waals surface area contributed by atoms with Crippen molar-refractivity contribution >= 4 is 0 Å². The Labute approximate surface area is 90.1 Å². The van der Waals surface area contributed by atoms with Crippen LogP contribution in [0.3, 0.4) is 0 Å². The molecule has 1 radical (unpaired) electrons. The molecule has 0 aliphatic carbocycles. The van der Waals surface area contributed by atoms with Gasteiger partial charge in [-0.3, -0.25) is 0 Å². The van der Waals surface area contributed by atoms with Crippen molar-refractivity contribution in [3.8, 4) is 0 Å². The van der Waals surface area contributed by atoms with Gasteiger partial charge in [0.25, 0.3) is 0 Å². The summed E-state index contributed by atoms with van der Waals surface area (Å²) in [6.45, 7) is 14.6. The second-order valence-electron chi connectivity index (χ2n) is 3.93. The van der Waals surface area contributed by atoms with E-state index in [2.05, 4.69) is 44.5 Å². The highest BCUT2D eigenvalue weighted by Gasteiger charge is 2.02. The van der Waals surface area contributed by atoms with Gasteiger partial charge in [0.1, 0.15) is 0 Å². The molecule has 0 aliphatic rings. The summed E-state index contributed by atoms with van der Waals surface area (Å²) in [6, 6.07) is 0.611. The number of likely N-dealkylation sites (N-methyl/N-ethyl adjacent to an activating group) is 1. The van der Waals surface area contributed by atoms with Crippen molar-refractivity contribution in [2.24, 2.45) is 0 Å². The smallest absolute Gasteiger partial charge is 0.0363 e. The van der Waals surface area contributed by atoms with Crippen LogP contribution in [-0.4, -0.2) is 30.6 Å². The summed E-state index contributed by atoms with van der Waals surface area (Å²) in [5.41, 5.74) is 0. The quantitative estimate of drug-likeness (QED) is 0.614. The van der Waals surface area contributed by atoms with E-state index in [0.29, 0.717) is 6.04 Å². The molecule has 0 spiro atoms. The van der Waals surface area contributed by atoms with Crippen molar-refractivity contribution in [1.29, 1.82) is 0 Å². The number of nitrogens with zero attached hydrogens (tertiary/aromatic N) is 1. The highest BCUT2D eigenvalue weighted by molar-refractivity contribution is 4.71. The molecule has 0 fully saturated rings. The van der Waals surface area contributed by atoms with Crippen LogP contribution in [0.25, 0.3) is 0 Å². The molecule has 0 saturated heterocycles. The molecule has 0 heterocycles. The number of unbranched alkanes of at least 4 members (excludes halogenated alkanes) is 1. The maximum atomic E-state index is 3.41. The number of nitrogens with one attached hydrogen (secondary N) is 1. The van der Waals surface area contributed by atoms with Gasteiger partial charge < -0.3 is 10.2 Å². The van der Waals surface area contributed by atoms with Crippen LogP contribution < -0.4 is 5.32 Å². The molecule has 1 unspecified atom stereocenters. The first-order valence-corrected chi connectivity index (χ1v) is 6.04. The average molecular weight is 199 g/mol. The van der Waals surface area contributed by atoms with E-state index in [4.69, 9.17) is 0 Å². The van der Waals surface area contributed by atoms with Gasteiger partial charge in [-0.25, -0.2) is 0 Å². The third-order valence-electron chi connectivity index (χ3n) is 2.64. The Morgan fingerprint density at radius 3 is 2.50 bits per heavy atom. The predicted molar refractivity (Wildman–Crippen MR) is 64.2 cm³/mol. The molecule has 0 aromatic carbocycles. The van der Waals surface area contributed by atoms with Crippen LogP contribution in [-0.2, 0) is 0 Å². The molecule has 0 aromatic heterocycles. The molecule has 0 aliphatic heterocycles. The lowest BCUT2D eigenvalue weighted by atomic mass is 10.2. The lowest BCUT2D eigenvalue weighted by Gasteiger charge is -2.21. The summed E-state index contributed by atoms with van der Waals surface area (Å²) >= 11 is 0. The molecule has 1 N–H and O–H groups in total. The van der Waals surface area contributed by atoms with E-state index in [1.165, 1.54) is 25.8 Å². The first kappa shape index (κ1) is 13.9. The number of rotatable bonds is 9. The van der Waals surface area contributed by atoms with Crippen molar-refractivity contribution in [2.45, 2.75) is 53.0 Å². The maximum absolute atomic E-state index is 3.41. The van der Waals surface area contributed by atoms with Crippen LogP contribution in [0.1, 0.15) is 47.0 Å². The van der Waals surface area contributed by atoms with E-state index in [-0.39, 0.29) is 0 Å². The van der Waals surface area contributed by atoms with Gasteiger partial charge in [-0.05, 0) is 32.9 Å². The summed E-state index contributed by atoms with van der Waals surface area (Å²) in [5.74, 6) is 0. The lowest BCUT2D eigenvalue weighted by molar-refractivity contribution is 0.296. The maximum Gasteiger partial charge on any atom is 0.0363 e. The second-order valence-corrected chi connectivity index (χ2v) is 3.93. The SMILES string of the molecule is CCCCN(CC)C[CH]NC(C)CC. The van der Waals surface area contributed by atoms with Crippen LogP contribution in [0, 0.1) is 6.54 Å². The molecule has 0 bridgehead atoms. The van der Waals surface area contributed by atoms with Crippen LogP contribution in [0.2, 0.25) is 0 Å². The zero-order valence-electron chi connectivity index (χ0n) is 10.3. The number of hydrogen-bond acceptors (Lipinski definition) is 2. The van der Waals surface area contributed by atoms with E-state index in [1.54, 1.807) is 0 Å². The summed E-state index contributed by atoms with van der Waals surface area (Å²) in [5, 5.41) is 3.41. The zero-order valence-corrected chi connectivity index (χ0v) is 10.3. The molecular formula is C12H27N2. The van der Waals surface area contributed by atoms with E-state index in [1.807, 2.05) is 0 Å². The van der Waals surface area contributed by atoms with Gasteiger partial charge in [-0.15, -0.1) is 0 Å². The fourth-order valence-corrected chi connectivity index (χ4v) is 1.26. The summed E-state index contributed by atoms with van der Waals surface area (Å²) < 4.78 is 0. The highest BCUT2D eigenvalue weighted by Crippen LogP contribution is 1.96.